The van der Waals surface area contributed by atoms with Crippen LogP contribution in [0.1, 0.15) is 20.8 Å². The smallest absolute Gasteiger partial charge is 0.268 e. The molecular weight excluding hydrogens is 410 g/mol. The van der Waals surface area contributed by atoms with Crippen LogP contribution in [0.15, 0.2) is 66.3 Å². The highest BCUT2D eigenvalue weighted by Gasteiger charge is 2.13. The van der Waals surface area contributed by atoms with Crippen LogP contribution in [-0.2, 0) is 13.2 Å². The molecule has 1 N–H and O–H groups in total. The second-order valence-electron chi connectivity index (χ2n) is 6.39. The molecule has 2 aromatic carbocycles. The summed E-state index contributed by atoms with van der Waals surface area (Å²) in [7, 11) is 0. The molecule has 6 nitrogen and oxygen atoms in total. The summed E-state index contributed by atoms with van der Waals surface area (Å²) in [5.74, 6) is -1.65. The number of aromatic nitrogens is 3. The number of carbonyl (C=O) groups excluding carboxylic acids is 1. The van der Waals surface area contributed by atoms with Crippen molar-refractivity contribution in [1.29, 1.82) is 0 Å². The predicted octanol–water partition coefficient (Wildman–Crippen LogP) is 4.50. The molecule has 2 heterocycles. The Hall–Kier alpha value is -3.59. The minimum atomic E-state index is -0.777. The summed E-state index contributed by atoms with van der Waals surface area (Å²) < 4.78 is 33.6. The van der Waals surface area contributed by atoms with E-state index in [1.165, 1.54) is 17.4 Å². The zero-order valence-corrected chi connectivity index (χ0v) is 16.4. The Morgan fingerprint density at radius 3 is 2.73 bits per heavy atom. The number of amides is 1. The minimum Gasteiger partial charge on any atom is -0.486 e. The number of hydrogen-bond acceptors (Lipinski definition) is 5. The first kappa shape index (κ1) is 19.7. The molecule has 0 saturated heterocycles. The van der Waals surface area contributed by atoms with Gasteiger partial charge in [0.1, 0.15) is 18.8 Å². The van der Waals surface area contributed by atoms with Crippen molar-refractivity contribution in [3.05, 3.63) is 93.9 Å². The highest BCUT2D eigenvalue weighted by atomic mass is 32.1. The average Bonchev–Trinajstić information content (AvgIpc) is 3.38. The minimum absolute atomic E-state index is 0.0519. The SMILES string of the molecule is O=C(Nc1ncn(Cc2ccccc2)n1)c1cc(COc2ccc(F)cc2F)cs1. The van der Waals surface area contributed by atoms with Gasteiger partial charge in [-0.3, -0.25) is 10.1 Å². The van der Waals surface area contributed by atoms with Crippen molar-refractivity contribution in [2.24, 2.45) is 0 Å². The van der Waals surface area contributed by atoms with Gasteiger partial charge in [-0.1, -0.05) is 30.3 Å². The maximum absolute atomic E-state index is 13.6. The van der Waals surface area contributed by atoms with Gasteiger partial charge in [0.15, 0.2) is 11.6 Å². The van der Waals surface area contributed by atoms with E-state index in [-0.39, 0.29) is 24.2 Å². The normalized spacial score (nSPS) is 10.7. The van der Waals surface area contributed by atoms with E-state index < -0.39 is 11.6 Å². The topological polar surface area (TPSA) is 69.0 Å². The fourth-order valence-corrected chi connectivity index (χ4v) is 3.48. The molecule has 0 bridgehead atoms. The molecule has 0 aliphatic rings. The van der Waals surface area contributed by atoms with Crippen molar-refractivity contribution in [3.8, 4) is 5.75 Å². The number of benzene rings is 2. The lowest BCUT2D eigenvalue weighted by molar-refractivity contribution is 0.102. The molecule has 1 amide bonds. The lowest BCUT2D eigenvalue weighted by Crippen LogP contribution is -2.12. The van der Waals surface area contributed by atoms with Gasteiger partial charge in [0.2, 0.25) is 5.95 Å². The van der Waals surface area contributed by atoms with Crippen molar-refractivity contribution in [1.82, 2.24) is 14.8 Å². The van der Waals surface area contributed by atoms with Gasteiger partial charge in [-0.15, -0.1) is 16.4 Å². The molecule has 0 radical (unpaired) electrons. The fraction of sp³-hybridized carbons (Fsp3) is 0.0952. The Labute approximate surface area is 174 Å². The van der Waals surface area contributed by atoms with Crippen LogP contribution in [0.4, 0.5) is 14.7 Å². The van der Waals surface area contributed by atoms with Gasteiger partial charge < -0.3 is 4.74 Å². The predicted molar refractivity (Wildman–Crippen MR) is 109 cm³/mol. The van der Waals surface area contributed by atoms with E-state index in [2.05, 4.69) is 15.4 Å². The molecule has 0 fully saturated rings. The second-order valence-corrected chi connectivity index (χ2v) is 7.30. The number of thiophene rings is 1. The largest absolute Gasteiger partial charge is 0.486 e. The van der Waals surface area contributed by atoms with Gasteiger partial charge >= 0.3 is 0 Å². The highest BCUT2D eigenvalue weighted by molar-refractivity contribution is 7.12. The number of halogens is 2. The summed E-state index contributed by atoms with van der Waals surface area (Å²) in [6.07, 6.45) is 1.55. The van der Waals surface area contributed by atoms with Gasteiger partial charge in [-0.05, 0) is 29.1 Å². The Kier molecular flexibility index (Phi) is 5.80. The van der Waals surface area contributed by atoms with E-state index in [0.717, 1.165) is 17.7 Å². The monoisotopic (exact) mass is 426 g/mol. The number of ether oxygens (including phenoxy) is 1. The molecule has 0 atom stereocenters. The zero-order chi connectivity index (χ0) is 20.9. The van der Waals surface area contributed by atoms with Crippen molar-refractivity contribution in [3.63, 3.8) is 0 Å². The van der Waals surface area contributed by atoms with Crippen LogP contribution in [-0.4, -0.2) is 20.7 Å². The van der Waals surface area contributed by atoms with E-state index in [4.69, 9.17) is 4.74 Å². The van der Waals surface area contributed by atoms with Crippen molar-refractivity contribution in [2.75, 3.05) is 5.32 Å². The van der Waals surface area contributed by atoms with Gasteiger partial charge in [-0.2, -0.15) is 0 Å². The quantitative estimate of drug-likeness (QED) is 0.473. The van der Waals surface area contributed by atoms with Crippen molar-refractivity contribution < 1.29 is 18.3 Å². The lowest BCUT2D eigenvalue weighted by Gasteiger charge is -2.05. The van der Waals surface area contributed by atoms with Crippen LogP contribution in [0.5, 0.6) is 5.75 Å². The molecular formula is C21H16F2N4O2S. The lowest BCUT2D eigenvalue weighted by atomic mass is 10.2. The van der Waals surface area contributed by atoms with Crippen LogP contribution in [0, 0.1) is 11.6 Å². The van der Waals surface area contributed by atoms with E-state index in [1.807, 2.05) is 30.3 Å². The summed E-state index contributed by atoms with van der Waals surface area (Å²) in [6, 6.07) is 14.5. The summed E-state index contributed by atoms with van der Waals surface area (Å²) in [5.41, 5.74) is 1.76. The van der Waals surface area contributed by atoms with Gasteiger partial charge in [0.25, 0.3) is 5.91 Å². The molecule has 4 rings (SSSR count). The van der Waals surface area contributed by atoms with E-state index in [9.17, 15) is 13.6 Å². The van der Waals surface area contributed by atoms with Gasteiger partial charge in [0.05, 0.1) is 11.4 Å². The molecule has 30 heavy (non-hydrogen) atoms. The number of nitrogens with one attached hydrogen (secondary N) is 1. The van der Waals surface area contributed by atoms with E-state index in [1.54, 1.807) is 22.5 Å². The van der Waals surface area contributed by atoms with Gasteiger partial charge in [-0.25, -0.2) is 18.4 Å². The van der Waals surface area contributed by atoms with Crippen LogP contribution in [0.3, 0.4) is 0 Å². The molecule has 0 aliphatic heterocycles. The number of rotatable bonds is 7. The van der Waals surface area contributed by atoms with Crippen LogP contribution in [0.25, 0.3) is 0 Å². The van der Waals surface area contributed by atoms with E-state index in [0.29, 0.717) is 17.0 Å². The fourth-order valence-electron chi connectivity index (χ4n) is 2.69. The van der Waals surface area contributed by atoms with Crippen LogP contribution < -0.4 is 10.1 Å². The third kappa shape index (κ3) is 4.87. The summed E-state index contributed by atoms with van der Waals surface area (Å²) in [6.45, 7) is 0.598. The number of hydrogen-bond donors (Lipinski definition) is 1. The Balaban J connectivity index is 1.34. The third-order valence-corrected chi connectivity index (χ3v) is 5.09. The summed E-state index contributed by atoms with van der Waals surface area (Å²) in [4.78, 5) is 17.0. The number of carbonyl (C=O) groups is 1. The summed E-state index contributed by atoms with van der Waals surface area (Å²) >= 11 is 1.22. The Bertz CT molecular complexity index is 1160. The van der Waals surface area contributed by atoms with Crippen LogP contribution in [0.2, 0.25) is 0 Å². The first-order valence-corrected chi connectivity index (χ1v) is 9.85. The first-order chi connectivity index (χ1) is 14.6. The molecule has 4 aromatic rings. The number of anilines is 1. The third-order valence-electron chi connectivity index (χ3n) is 4.12. The maximum atomic E-state index is 13.6. The molecule has 0 unspecified atom stereocenters. The second kappa shape index (κ2) is 8.83. The Morgan fingerprint density at radius 2 is 1.93 bits per heavy atom. The molecule has 2 aromatic heterocycles. The average molecular weight is 426 g/mol. The standard InChI is InChI=1S/C21H16F2N4O2S/c22-16-6-7-18(17(23)9-16)29-11-15-8-19(30-12-15)20(28)25-21-24-13-27(26-21)10-14-4-2-1-3-5-14/h1-9,12-13H,10-11H2,(H,25,26,28). The van der Waals surface area contributed by atoms with E-state index >= 15 is 0 Å². The van der Waals surface area contributed by atoms with Crippen molar-refractivity contribution >= 4 is 23.2 Å². The molecule has 152 valence electrons. The summed E-state index contributed by atoms with van der Waals surface area (Å²) in [5, 5.41) is 8.64. The van der Waals surface area contributed by atoms with Crippen molar-refractivity contribution in [2.45, 2.75) is 13.2 Å². The van der Waals surface area contributed by atoms with Crippen LogP contribution >= 0.6 is 11.3 Å². The first-order valence-electron chi connectivity index (χ1n) is 8.97. The zero-order valence-electron chi connectivity index (χ0n) is 15.6. The molecule has 0 aliphatic carbocycles. The molecule has 9 heteroatoms. The molecule has 0 saturated carbocycles. The molecule has 0 spiro atoms. The maximum Gasteiger partial charge on any atom is 0.268 e. The number of nitrogens with zero attached hydrogens (tertiary/aromatic N) is 3. The van der Waals surface area contributed by atoms with Gasteiger partial charge in [0, 0.05) is 11.6 Å². The Morgan fingerprint density at radius 1 is 1.10 bits per heavy atom. The highest BCUT2D eigenvalue weighted by Crippen LogP contribution is 2.21.